The summed E-state index contributed by atoms with van der Waals surface area (Å²) in [5, 5.41) is 10.9. The Morgan fingerprint density at radius 1 is 1.44 bits per heavy atom. The second-order valence-corrected chi connectivity index (χ2v) is 4.73. The molecule has 1 rings (SSSR count). The van der Waals surface area contributed by atoms with Gasteiger partial charge in [0.25, 0.3) is 0 Å². The third-order valence-corrected chi connectivity index (χ3v) is 2.88. The van der Waals surface area contributed by atoms with E-state index in [-0.39, 0.29) is 0 Å². The molecule has 0 spiro atoms. The minimum absolute atomic E-state index is 0.471. The summed E-state index contributed by atoms with van der Waals surface area (Å²) in [6, 6.07) is 6.07. The molecule has 0 unspecified atom stereocenters. The van der Waals surface area contributed by atoms with Gasteiger partial charge in [-0.1, -0.05) is 26.8 Å². The van der Waals surface area contributed by atoms with Crippen LogP contribution in [0.1, 0.15) is 38.7 Å². The van der Waals surface area contributed by atoms with Crippen LogP contribution in [0.3, 0.4) is 0 Å². The van der Waals surface area contributed by atoms with Crippen molar-refractivity contribution in [3.05, 3.63) is 23.8 Å². The van der Waals surface area contributed by atoms with Crippen molar-refractivity contribution in [3.8, 4) is 11.2 Å². The number of nitriles is 1. The molecule has 0 fully saturated rings. The van der Waals surface area contributed by atoms with Crippen LogP contribution in [0.2, 0.25) is 0 Å². The van der Waals surface area contributed by atoms with Crippen LogP contribution in [0, 0.1) is 10.7 Å². The largest absolute Gasteiger partial charge is 0.492 e. The molecule has 0 bridgehead atoms. The zero-order chi connectivity index (χ0) is 12.0. The van der Waals surface area contributed by atoms with E-state index < -0.39 is 0 Å². The SMILES string of the molecule is CCCOc1ccc(C(C)C)cc1SC#N. The van der Waals surface area contributed by atoms with Gasteiger partial charge in [-0.2, -0.15) is 5.26 Å². The van der Waals surface area contributed by atoms with Gasteiger partial charge in [-0.25, -0.2) is 0 Å². The Balaban J connectivity index is 2.95. The molecule has 0 aliphatic carbocycles. The van der Waals surface area contributed by atoms with E-state index in [1.54, 1.807) is 0 Å². The van der Waals surface area contributed by atoms with Crippen LogP contribution in [0.25, 0.3) is 0 Å². The van der Waals surface area contributed by atoms with Crippen molar-refractivity contribution in [3.63, 3.8) is 0 Å². The van der Waals surface area contributed by atoms with Crippen molar-refractivity contribution in [1.82, 2.24) is 0 Å². The number of benzene rings is 1. The lowest BCUT2D eigenvalue weighted by molar-refractivity contribution is 0.310. The predicted octanol–water partition coefficient (Wildman–Crippen LogP) is 4.17. The maximum absolute atomic E-state index is 8.76. The number of rotatable bonds is 5. The molecule has 0 aliphatic rings. The van der Waals surface area contributed by atoms with Crippen LogP contribution < -0.4 is 4.74 Å². The molecular formula is C13H17NOS. The number of nitrogens with zero attached hydrogens (tertiary/aromatic N) is 1. The van der Waals surface area contributed by atoms with Gasteiger partial charge in [-0.3, -0.25) is 0 Å². The number of hydrogen-bond acceptors (Lipinski definition) is 3. The third-order valence-electron chi connectivity index (χ3n) is 2.25. The van der Waals surface area contributed by atoms with E-state index in [1.165, 1.54) is 5.56 Å². The lowest BCUT2D eigenvalue weighted by Gasteiger charge is -2.11. The average molecular weight is 235 g/mol. The van der Waals surface area contributed by atoms with Gasteiger partial charge in [-0.15, -0.1) is 0 Å². The van der Waals surface area contributed by atoms with Crippen LogP contribution in [-0.4, -0.2) is 6.61 Å². The van der Waals surface area contributed by atoms with Gasteiger partial charge < -0.3 is 4.74 Å². The van der Waals surface area contributed by atoms with Crippen LogP contribution in [0.5, 0.6) is 5.75 Å². The fraction of sp³-hybridized carbons (Fsp3) is 0.462. The quantitative estimate of drug-likeness (QED) is 0.567. The van der Waals surface area contributed by atoms with Crippen molar-refractivity contribution in [2.45, 2.75) is 38.0 Å². The first-order valence-corrected chi connectivity index (χ1v) is 6.33. The first-order chi connectivity index (χ1) is 7.69. The van der Waals surface area contributed by atoms with E-state index in [0.717, 1.165) is 28.8 Å². The van der Waals surface area contributed by atoms with Crippen LogP contribution >= 0.6 is 11.8 Å². The molecule has 0 aliphatic heterocycles. The molecule has 1 aromatic carbocycles. The molecule has 86 valence electrons. The minimum atomic E-state index is 0.471. The minimum Gasteiger partial charge on any atom is -0.492 e. The Hall–Kier alpha value is -1.14. The third kappa shape index (κ3) is 3.46. The van der Waals surface area contributed by atoms with Crippen molar-refractivity contribution in [2.24, 2.45) is 0 Å². The molecule has 3 heteroatoms. The van der Waals surface area contributed by atoms with Crippen molar-refractivity contribution in [2.75, 3.05) is 6.61 Å². The maximum atomic E-state index is 8.76. The van der Waals surface area contributed by atoms with Gasteiger partial charge in [-0.05, 0) is 41.8 Å². The van der Waals surface area contributed by atoms with E-state index >= 15 is 0 Å². The number of ether oxygens (including phenoxy) is 1. The van der Waals surface area contributed by atoms with E-state index in [4.69, 9.17) is 10.00 Å². The Kier molecular flexibility index (Phi) is 5.21. The van der Waals surface area contributed by atoms with Crippen LogP contribution in [0.4, 0.5) is 0 Å². The Bertz CT molecular complexity index is 382. The Morgan fingerprint density at radius 2 is 2.19 bits per heavy atom. The fourth-order valence-electron chi connectivity index (χ4n) is 1.34. The first kappa shape index (κ1) is 12.9. The summed E-state index contributed by atoms with van der Waals surface area (Å²) in [4.78, 5) is 0.919. The normalized spacial score (nSPS) is 10.2. The lowest BCUT2D eigenvalue weighted by Crippen LogP contribution is -1.97. The summed E-state index contributed by atoms with van der Waals surface area (Å²) < 4.78 is 5.60. The summed E-state index contributed by atoms with van der Waals surface area (Å²) in [6.45, 7) is 7.05. The maximum Gasteiger partial charge on any atom is 0.138 e. The zero-order valence-electron chi connectivity index (χ0n) is 9.99. The van der Waals surface area contributed by atoms with Gasteiger partial charge in [0, 0.05) is 0 Å². The van der Waals surface area contributed by atoms with Crippen molar-refractivity contribution < 1.29 is 4.74 Å². The molecule has 0 atom stereocenters. The highest BCUT2D eigenvalue weighted by Crippen LogP contribution is 2.32. The molecule has 0 amide bonds. The summed E-state index contributed by atoms with van der Waals surface area (Å²) in [6.07, 6.45) is 0.975. The molecule has 0 aromatic heterocycles. The highest BCUT2D eigenvalue weighted by atomic mass is 32.2. The van der Waals surface area contributed by atoms with Crippen molar-refractivity contribution in [1.29, 1.82) is 5.26 Å². The van der Waals surface area contributed by atoms with E-state index in [0.29, 0.717) is 12.5 Å². The lowest BCUT2D eigenvalue weighted by atomic mass is 10.0. The molecule has 0 radical (unpaired) electrons. The summed E-state index contributed by atoms with van der Waals surface area (Å²) >= 11 is 1.16. The predicted molar refractivity (Wildman–Crippen MR) is 67.8 cm³/mol. The highest BCUT2D eigenvalue weighted by molar-refractivity contribution is 8.03. The Labute approximate surface area is 102 Å². The van der Waals surface area contributed by atoms with Gasteiger partial charge >= 0.3 is 0 Å². The second kappa shape index (κ2) is 6.44. The monoisotopic (exact) mass is 235 g/mol. The topological polar surface area (TPSA) is 33.0 Å². The Morgan fingerprint density at radius 3 is 2.75 bits per heavy atom. The van der Waals surface area contributed by atoms with Gasteiger partial charge in [0.2, 0.25) is 0 Å². The van der Waals surface area contributed by atoms with Gasteiger partial charge in [0.1, 0.15) is 11.2 Å². The molecule has 1 aromatic rings. The first-order valence-electron chi connectivity index (χ1n) is 5.51. The van der Waals surface area contributed by atoms with Crippen molar-refractivity contribution >= 4 is 11.8 Å². The van der Waals surface area contributed by atoms with E-state index in [1.807, 2.05) is 12.1 Å². The second-order valence-electron chi connectivity index (χ2n) is 3.90. The molecular weight excluding hydrogens is 218 g/mol. The number of thioether (sulfide) groups is 1. The molecule has 0 heterocycles. The molecule has 0 N–H and O–H groups in total. The average Bonchev–Trinajstić information content (AvgIpc) is 2.27. The fourth-order valence-corrected chi connectivity index (χ4v) is 1.86. The van der Waals surface area contributed by atoms with Gasteiger partial charge in [0.05, 0.1) is 11.5 Å². The standard InChI is InChI=1S/C13H17NOS/c1-4-7-15-12-6-5-11(10(2)3)8-13(12)16-9-14/h5-6,8,10H,4,7H2,1-3H3. The smallest absolute Gasteiger partial charge is 0.138 e. The number of hydrogen-bond donors (Lipinski definition) is 0. The summed E-state index contributed by atoms with van der Waals surface area (Å²) in [5.41, 5.74) is 1.24. The number of thiocyanates is 1. The molecule has 0 saturated heterocycles. The molecule has 16 heavy (non-hydrogen) atoms. The van der Waals surface area contributed by atoms with E-state index in [2.05, 4.69) is 32.2 Å². The summed E-state index contributed by atoms with van der Waals surface area (Å²) in [7, 11) is 0. The zero-order valence-corrected chi connectivity index (χ0v) is 10.8. The highest BCUT2D eigenvalue weighted by Gasteiger charge is 2.07. The van der Waals surface area contributed by atoms with Crippen LogP contribution in [0.15, 0.2) is 23.1 Å². The summed E-state index contributed by atoms with van der Waals surface area (Å²) in [5.74, 6) is 1.29. The van der Waals surface area contributed by atoms with Crippen LogP contribution in [-0.2, 0) is 0 Å². The molecule has 2 nitrogen and oxygen atoms in total. The van der Waals surface area contributed by atoms with E-state index in [9.17, 15) is 0 Å². The van der Waals surface area contributed by atoms with Gasteiger partial charge in [0.15, 0.2) is 0 Å². The molecule has 0 saturated carbocycles.